The van der Waals surface area contributed by atoms with Gasteiger partial charge in [-0.2, -0.15) is 0 Å². The molecule has 3 heteroatoms. The molecule has 0 radical (unpaired) electrons. The standard InChI is InChI=1S/C17H14FNO/c1-13-4-8-15(9-5-13)17(20)19-12-2-3-14-6-10-16(18)11-7-14/h4-11H,12H2,1H3,(H,19,20). The highest BCUT2D eigenvalue weighted by molar-refractivity contribution is 5.94. The molecule has 0 saturated heterocycles. The minimum atomic E-state index is -0.289. The third-order valence-corrected chi connectivity index (χ3v) is 2.73. The van der Waals surface area contributed by atoms with E-state index in [1.54, 1.807) is 24.3 Å². The molecule has 0 heterocycles. The second kappa shape index (κ2) is 6.53. The largest absolute Gasteiger partial charge is 0.341 e. The minimum absolute atomic E-state index is 0.154. The zero-order chi connectivity index (χ0) is 14.4. The van der Waals surface area contributed by atoms with E-state index in [0.29, 0.717) is 5.56 Å². The monoisotopic (exact) mass is 267 g/mol. The highest BCUT2D eigenvalue weighted by atomic mass is 19.1. The summed E-state index contributed by atoms with van der Waals surface area (Å²) < 4.78 is 12.7. The number of hydrogen-bond donors (Lipinski definition) is 1. The molecule has 100 valence electrons. The maximum atomic E-state index is 12.7. The van der Waals surface area contributed by atoms with Gasteiger partial charge in [-0.1, -0.05) is 29.5 Å². The summed E-state index contributed by atoms with van der Waals surface area (Å²) in [6, 6.07) is 13.2. The van der Waals surface area contributed by atoms with Gasteiger partial charge in [-0.25, -0.2) is 4.39 Å². The molecule has 0 aliphatic heterocycles. The molecule has 1 N–H and O–H groups in total. The topological polar surface area (TPSA) is 29.1 Å². The Balaban J connectivity index is 1.88. The zero-order valence-electron chi connectivity index (χ0n) is 11.1. The molecular weight excluding hydrogens is 253 g/mol. The van der Waals surface area contributed by atoms with Gasteiger partial charge in [0.15, 0.2) is 0 Å². The summed E-state index contributed by atoms with van der Waals surface area (Å²) in [6.07, 6.45) is 0. The van der Waals surface area contributed by atoms with E-state index < -0.39 is 0 Å². The van der Waals surface area contributed by atoms with Crippen molar-refractivity contribution >= 4 is 5.91 Å². The third kappa shape index (κ3) is 3.96. The summed E-state index contributed by atoms with van der Waals surface area (Å²) >= 11 is 0. The molecular formula is C17H14FNO. The Labute approximate surface area is 117 Å². The van der Waals surface area contributed by atoms with Crippen LogP contribution in [0.1, 0.15) is 21.5 Å². The van der Waals surface area contributed by atoms with Crippen LogP contribution in [0.25, 0.3) is 0 Å². The van der Waals surface area contributed by atoms with Gasteiger partial charge in [-0.05, 0) is 43.3 Å². The van der Waals surface area contributed by atoms with Crippen LogP contribution in [0.5, 0.6) is 0 Å². The first-order valence-electron chi connectivity index (χ1n) is 6.24. The summed E-state index contributed by atoms with van der Waals surface area (Å²) in [5.41, 5.74) is 2.44. The van der Waals surface area contributed by atoms with Crippen molar-refractivity contribution in [1.82, 2.24) is 5.32 Å². The van der Waals surface area contributed by atoms with E-state index in [4.69, 9.17) is 0 Å². The number of halogens is 1. The van der Waals surface area contributed by atoms with Gasteiger partial charge < -0.3 is 5.32 Å². The molecule has 2 aromatic carbocycles. The third-order valence-electron chi connectivity index (χ3n) is 2.73. The van der Waals surface area contributed by atoms with E-state index in [2.05, 4.69) is 17.2 Å². The fraction of sp³-hybridized carbons (Fsp3) is 0.118. The second-order valence-electron chi connectivity index (χ2n) is 4.36. The molecule has 0 aliphatic rings. The molecule has 0 atom stereocenters. The van der Waals surface area contributed by atoms with Crippen LogP contribution in [-0.2, 0) is 0 Å². The Kier molecular flexibility index (Phi) is 4.52. The molecule has 2 nitrogen and oxygen atoms in total. The van der Waals surface area contributed by atoms with Gasteiger partial charge in [0.1, 0.15) is 5.82 Å². The number of hydrogen-bond acceptors (Lipinski definition) is 1. The molecule has 0 fully saturated rings. The van der Waals surface area contributed by atoms with Crippen LogP contribution in [0.15, 0.2) is 48.5 Å². The van der Waals surface area contributed by atoms with Gasteiger partial charge in [0.25, 0.3) is 5.91 Å². The Morgan fingerprint density at radius 3 is 2.40 bits per heavy atom. The first-order chi connectivity index (χ1) is 9.65. The average molecular weight is 267 g/mol. The number of carbonyl (C=O) groups excluding carboxylic acids is 1. The highest BCUT2D eigenvalue weighted by Crippen LogP contribution is 2.02. The molecule has 0 unspecified atom stereocenters. The van der Waals surface area contributed by atoms with Gasteiger partial charge in [0, 0.05) is 11.1 Å². The maximum absolute atomic E-state index is 12.7. The number of carbonyl (C=O) groups is 1. The highest BCUT2D eigenvalue weighted by Gasteiger charge is 2.02. The predicted octanol–water partition coefficient (Wildman–Crippen LogP) is 2.92. The predicted molar refractivity (Wildman–Crippen MR) is 76.8 cm³/mol. The van der Waals surface area contributed by atoms with Crippen LogP contribution in [0.3, 0.4) is 0 Å². The molecule has 0 saturated carbocycles. The number of nitrogens with one attached hydrogen (secondary N) is 1. The van der Waals surface area contributed by atoms with E-state index in [1.165, 1.54) is 12.1 Å². The lowest BCUT2D eigenvalue weighted by Crippen LogP contribution is -2.23. The van der Waals surface area contributed by atoms with Crippen LogP contribution in [-0.4, -0.2) is 12.5 Å². The number of aryl methyl sites for hydroxylation is 1. The molecule has 0 spiro atoms. The van der Waals surface area contributed by atoms with Crippen LogP contribution in [0, 0.1) is 24.6 Å². The van der Waals surface area contributed by atoms with Crippen LogP contribution in [0.4, 0.5) is 4.39 Å². The summed E-state index contributed by atoms with van der Waals surface area (Å²) in [6.45, 7) is 2.22. The van der Waals surface area contributed by atoms with Gasteiger partial charge in [0.2, 0.25) is 0 Å². The molecule has 0 aromatic heterocycles. The molecule has 20 heavy (non-hydrogen) atoms. The van der Waals surface area contributed by atoms with Gasteiger partial charge in [-0.15, -0.1) is 0 Å². The van der Waals surface area contributed by atoms with Crippen molar-refractivity contribution in [1.29, 1.82) is 0 Å². The smallest absolute Gasteiger partial charge is 0.252 e. The summed E-state index contributed by atoms with van der Waals surface area (Å²) in [5.74, 6) is 5.24. The van der Waals surface area contributed by atoms with E-state index >= 15 is 0 Å². The fourth-order valence-corrected chi connectivity index (χ4v) is 1.61. The van der Waals surface area contributed by atoms with E-state index in [0.717, 1.165) is 11.1 Å². The second-order valence-corrected chi connectivity index (χ2v) is 4.36. The number of amides is 1. The summed E-state index contributed by atoms with van der Waals surface area (Å²) in [4.78, 5) is 11.8. The molecule has 1 amide bonds. The first-order valence-corrected chi connectivity index (χ1v) is 6.24. The quantitative estimate of drug-likeness (QED) is 0.833. The Bertz CT molecular complexity index is 648. The van der Waals surface area contributed by atoms with Gasteiger partial charge in [0.05, 0.1) is 6.54 Å². The zero-order valence-corrected chi connectivity index (χ0v) is 11.1. The lowest BCUT2D eigenvalue weighted by Gasteiger charge is -2.01. The van der Waals surface area contributed by atoms with Crippen molar-refractivity contribution < 1.29 is 9.18 Å². The Morgan fingerprint density at radius 2 is 1.75 bits per heavy atom. The maximum Gasteiger partial charge on any atom is 0.252 e. The number of rotatable bonds is 2. The first kappa shape index (κ1) is 13.8. The normalized spacial score (nSPS) is 9.50. The Hall–Kier alpha value is -2.60. The van der Waals surface area contributed by atoms with E-state index in [-0.39, 0.29) is 18.3 Å². The SMILES string of the molecule is Cc1ccc(C(=O)NCC#Cc2ccc(F)cc2)cc1. The lowest BCUT2D eigenvalue weighted by molar-refractivity contribution is 0.0958. The van der Waals surface area contributed by atoms with Crippen molar-refractivity contribution in [2.75, 3.05) is 6.54 Å². The summed E-state index contributed by atoms with van der Waals surface area (Å²) in [5, 5.41) is 2.71. The van der Waals surface area contributed by atoms with Crippen molar-refractivity contribution in [2.45, 2.75) is 6.92 Å². The lowest BCUT2D eigenvalue weighted by atomic mass is 10.1. The van der Waals surface area contributed by atoms with Crippen molar-refractivity contribution in [3.05, 3.63) is 71.0 Å². The van der Waals surface area contributed by atoms with Crippen molar-refractivity contribution in [3.8, 4) is 11.8 Å². The molecule has 0 aliphatic carbocycles. The minimum Gasteiger partial charge on any atom is -0.341 e. The number of benzene rings is 2. The van der Waals surface area contributed by atoms with Gasteiger partial charge >= 0.3 is 0 Å². The fourth-order valence-electron chi connectivity index (χ4n) is 1.61. The molecule has 2 aromatic rings. The van der Waals surface area contributed by atoms with Crippen molar-refractivity contribution in [3.63, 3.8) is 0 Å². The van der Waals surface area contributed by atoms with Crippen LogP contribution >= 0.6 is 0 Å². The van der Waals surface area contributed by atoms with Crippen molar-refractivity contribution in [2.24, 2.45) is 0 Å². The van der Waals surface area contributed by atoms with Gasteiger partial charge in [-0.3, -0.25) is 4.79 Å². The van der Waals surface area contributed by atoms with Crippen LogP contribution in [0.2, 0.25) is 0 Å². The van der Waals surface area contributed by atoms with E-state index in [1.807, 2.05) is 19.1 Å². The summed E-state index contributed by atoms with van der Waals surface area (Å²) in [7, 11) is 0. The Morgan fingerprint density at radius 1 is 1.10 bits per heavy atom. The molecule has 0 bridgehead atoms. The van der Waals surface area contributed by atoms with Crippen LogP contribution < -0.4 is 5.32 Å². The molecule has 2 rings (SSSR count). The average Bonchev–Trinajstić information content (AvgIpc) is 2.46. The van der Waals surface area contributed by atoms with E-state index in [9.17, 15) is 9.18 Å².